The summed E-state index contributed by atoms with van der Waals surface area (Å²) in [5.41, 5.74) is 1.76. The van der Waals surface area contributed by atoms with Crippen LogP contribution in [0, 0.1) is 5.41 Å². The topological polar surface area (TPSA) is 112 Å². The van der Waals surface area contributed by atoms with Gasteiger partial charge < -0.3 is 4.74 Å². The largest absolute Gasteiger partial charge is 0.489 e. The lowest BCUT2D eigenvalue weighted by Gasteiger charge is -2.20. The second kappa shape index (κ2) is 8.48. The van der Waals surface area contributed by atoms with Crippen molar-refractivity contribution in [3.63, 3.8) is 0 Å². The number of amides is 1. The second-order valence-corrected chi connectivity index (χ2v) is 10.0. The third-order valence-corrected chi connectivity index (χ3v) is 7.61. The highest BCUT2D eigenvalue weighted by molar-refractivity contribution is 8.42. The van der Waals surface area contributed by atoms with Gasteiger partial charge in [0.1, 0.15) is 12.4 Å². The lowest BCUT2D eigenvalue weighted by atomic mass is 10.1. The predicted octanol–water partition coefficient (Wildman–Crippen LogP) is 3.28. The Morgan fingerprint density at radius 2 is 1.84 bits per heavy atom. The first-order valence-electron chi connectivity index (χ1n) is 9.37. The number of nitrogens with zero attached hydrogens (tertiary/aromatic N) is 3. The van der Waals surface area contributed by atoms with Gasteiger partial charge in [-0.3, -0.25) is 10.2 Å². The molecule has 4 rings (SSSR count). The summed E-state index contributed by atoms with van der Waals surface area (Å²) in [6.45, 7) is 1.95. The van der Waals surface area contributed by atoms with Gasteiger partial charge in [0.2, 0.25) is 19.4 Å². The monoisotopic (exact) mass is 454 g/mol. The maximum atomic E-state index is 12.4. The molecular formula is C21H18N4O4S2. The Labute approximate surface area is 183 Å². The number of rotatable bonds is 5. The highest BCUT2D eigenvalue weighted by Gasteiger charge is 2.39. The van der Waals surface area contributed by atoms with Crippen molar-refractivity contribution in [2.75, 3.05) is 5.75 Å². The average molecular weight is 455 g/mol. The molecular weight excluding hydrogens is 436 g/mol. The van der Waals surface area contributed by atoms with Crippen molar-refractivity contribution < 1.29 is 17.9 Å². The Hall–Kier alpha value is -3.24. The summed E-state index contributed by atoms with van der Waals surface area (Å²) in [7, 11) is -3.55. The quantitative estimate of drug-likeness (QED) is 0.694. The summed E-state index contributed by atoms with van der Waals surface area (Å²) >= 11 is 0.780. The van der Waals surface area contributed by atoms with Crippen LogP contribution >= 0.6 is 11.8 Å². The van der Waals surface area contributed by atoms with E-state index in [4.69, 9.17) is 10.1 Å². The van der Waals surface area contributed by atoms with Crippen LogP contribution in [0.2, 0.25) is 0 Å². The van der Waals surface area contributed by atoms with Crippen LogP contribution in [0.5, 0.6) is 5.75 Å². The van der Waals surface area contributed by atoms with Crippen molar-refractivity contribution in [2.24, 2.45) is 10.1 Å². The van der Waals surface area contributed by atoms with E-state index in [2.05, 4.69) is 10.1 Å². The molecule has 2 heterocycles. The standard InChI is InChI=1S/C21H18N4O4S2/c1-2-31(27,28)21-24-25-18(22)17(19(26)23-20(25)30-21)12-14-8-10-16(11-9-14)29-13-15-6-4-3-5-7-15/h3-12,22H,2,13H2,1H3/b17-12-,22-18?. The number of benzene rings is 2. The van der Waals surface area contributed by atoms with E-state index < -0.39 is 15.7 Å². The van der Waals surface area contributed by atoms with E-state index in [1.54, 1.807) is 24.3 Å². The highest BCUT2D eigenvalue weighted by atomic mass is 32.3. The number of hydrogen-bond donors (Lipinski definition) is 1. The van der Waals surface area contributed by atoms with Gasteiger partial charge in [0.15, 0.2) is 5.84 Å². The number of fused-ring (bicyclic) bond motifs is 1. The summed E-state index contributed by atoms with van der Waals surface area (Å²) in [4.78, 5) is 16.3. The molecule has 0 aromatic heterocycles. The Kier molecular flexibility index (Phi) is 5.75. The van der Waals surface area contributed by atoms with E-state index in [0.717, 1.165) is 22.3 Å². The first kappa shape index (κ1) is 21.0. The van der Waals surface area contributed by atoms with E-state index in [9.17, 15) is 13.2 Å². The molecule has 8 nitrogen and oxygen atoms in total. The van der Waals surface area contributed by atoms with Gasteiger partial charge in [-0.1, -0.05) is 49.4 Å². The fourth-order valence-corrected chi connectivity index (χ4v) is 4.96. The molecule has 2 aliphatic rings. The molecule has 0 aliphatic carbocycles. The molecule has 0 fully saturated rings. The van der Waals surface area contributed by atoms with Gasteiger partial charge in [-0.15, -0.1) is 5.10 Å². The van der Waals surface area contributed by atoms with Crippen LogP contribution in [0.4, 0.5) is 0 Å². The first-order valence-corrected chi connectivity index (χ1v) is 11.8. The normalized spacial score (nSPS) is 17.5. The molecule has 31 heavy (non-hydrogen) atoms. The van der Waals surface area contributed by atoms with Crippen molar-refractivity contribution in [3.8, 4) is 5.75 Å². The number of ether oxygens (including phenoxy) is 1. The Morgan fingerprint density at radius 1 is 1.13 bits per heavy atom. The molecule has 1 amide bonds. The van der Waals surface area contributed by atoms with Crippen molar-refractivity contribution in [2.45, 2.75) is 13.5 Å². The van der Waals surface area contributed by atoms with Crippen LogP contribution in [-0.4, -0.2) is 40.5 Å². The van der Waals surface area contributed by atoms with Gasteiger partial charge in [0.25, 0.3) is 5.91 Å². The van der Waals surface area contributed by atoms with Crippen LogP contribution in [-0.2, 0) is 21.2 Å². The van der Waals surface area contributed by atoms with Crippen molar-refractivity contribution in [1.29, 1.82) is 5.41 Å². The summed E-state index contributed by atoms with van der Waals surface area (Å²) in [5, 5.41) is 13.5. The van der Waals surface area contributed by atoms with Crippen molar-refractivity contribution in [3.05, 3.63) is 71.3 Å². The smallest absolute Gasteiger partial charge is 0.283 e. The minimum Gasteiger partial charge on any atom is -0.489 e. The fourth-order valence-electron chi connectivity index (χ4n) is 2.79. The van der Waals surface area contributed by atoms with Gasteiger partial charge in [-0.2, -0.15) is 10.0 Å². The zero-order valence-corrected chi connectivity index (χ0v) is 18.1. The molecule has 0 saturated carbocycles. The zero-order chi connectivity index (χ0) is 22.0. The lowest BCUT2D eigenvalue weighted by molar-refractivity contribution is -0.114. The minimum absolute atomic E-state index is 0.0289. The summed E-state index contributed by atoms with van der Waals surface area (Å²) in [6.07, 6.45) is 1.53. The molecule has 0 bridgehead atoms. The number of nitrogens with one attached hydrogen (secondary N) is 1. The van der Waals surface area contributed by atoms with E-state index in [1.165, 1.54) is 13.0 Å². The molecule has 2 aromatic rings. The third-order valence-electron chi connectivity index (χ3n) is 4.52. The van der Waals surface area contributed by atoms with Crippen LogP contribution in [0.3, 0.4) is 0 Å². The first-order chi connectivity index (χ1) is 14.9. The minimum atomic E-state index is -3.55. The zero-order valence-electron chi connectivity index (χ0n) is 16.5. The summed E-state index contributed by atoms with van der Waals surface area (Å²) < 4.78 is 29.7. The van der Waals surface area contributed by atoms with E-state index >= 15 is 0 Å². The highest BCUT2D eigenvalue weighted by Crippen LogP contribution is 2.30. The van der Waals surface area contributed by atoms with E-state index in [0.29, 0.717) is 17.9 Å². The molecule has 0 spiro atoms. The fraction of sp³-hybridized carbons (Fsp3) is 0.143. The van der Waals surface area contributed by atoms with Crippen LogP contribution in [0.25, 0.3) is 6.08 Å². The maximum Gasteiger partial charge on any atom is 0.283 e. The summed E-state index contributed by atoms with van der Waals surface area (Å²) in [5.74, 6) is -0.277. The molecule has 1 N–H and O–H groups in total. The van der Waals surface area contributed by atoms with Crippen molar-refractivity contribution >= 4 is 49.0 Å². The van der Waals surface area contributed by atoms with Gasteiger partial charge in [0, 0.05) is 0 Å². The summed E-state index contributed by atoms with van der Waals surface area (Å²) in [6, 6.07) is 16.9. The molecule has 2 aliphatic heterocycles. The molecule has 158 valence electrons. The lowest BCUT2D eigenvalue weighted by Crippen LogP contribution is -2.35. The molecule has 0 radical (unpaired) electrons. The number of carbonyl (C=O) groups is 1. The second-order valence-electron chi connectivity index (χ2n) is 6.63. The van der Waals surface area contributed by atoms with Crippen LogP contribution in [0.15, 0.2) is 70.3 Å². The molecule has 0 unspecified atom stereocenters. The SMILES string of the molecule is CCS(=O)(=O)C1=NN2C(=N)/C(=C/c3ccc(OCc4ccccc4)cc3)C(=O)N=C2S1. The number of carbonyl (C=O) groups excluding carboxylic acids is 1. The number of hydrogen-bond acceptors (Lipinski definition) is 7. The number of amidine groups is 2. The van der Waals surface area contributed by atoms with Gasteiger partial charge >= 0.3 is 0 Å². The van der Waals surface area contributed by atoms with Gasteiger partial charge in [-0.25, -0.2) is 8.42 Å². The van der Waals surface area contributed by atoms with Gasteiger partial charge in [-0.05, 0) is 41.1 Å². The maximum absolute atomic E-state index is 12.4. The number of sulfone groups is 1. The molecule has 2 aromatic carbocycles. The number of thioether (sulfide) groups is 1. The van der Waals surface area contributed by atoms with Crippen LogP contribution in [0.1, 0.15) is 18.1 Å². The van der Waals surface area contributed by atoms with E-state index in [-0.39, 0.29) is 26.7 Å². The number of hydrazone groups is 1. The predicted molar refractivity (Wildman–Crippen MR) is 122 cm³/mol. The Bertz CT molecular complexity index is 1230. The van der Waals surface area contributed by atoms with E-state index in [1.807, 2.05) is 30.3 Å². The molecule has 10 heteroatoms. The third kappa shape index (κ3) is 4.44. The number of aliphatic imine (C=N–C) groups is 1. The Balaban J connectivity index is 1.51. The van der Waals surface area contributed by atoms with Crippen molar-refractivity contribution in [1.82, 2.24) is 5.01 Å². The Morgan fingerprint density at radius 3 is 2.52 bits per heavy atom. The molecule has 0 saturated heterocycles. The van der Waals surface area contributed by atoms with Gasteiger partial charge in [0.05, 0.1) is 11.3 Å². The molecule has 0 atom stereocenters. The van der Waals surface area contributed by atoms with Crippen LogP contribution < -0.4 is 4.74 Å². The average Bonchev–Trinajstić information content (AvgIpc) is 3.22.